The number of phenols is 1. The van der Waals surface area contributed by atoms with E-state index >= 15 is 0 Å². The fourth-order valence-corrected chi connectivity index (χ4v) is 2.04. The minimum Gasteiger partial charge on any atom is -0.507 e. The summed E-state index contributed by atoms with van der Waals surface area (Å²) in [5, 5.41) is 20.9. The molecule has 15 heavy (non-hydrogen) atoms. The van der Waals surface area contributed by atoms with Crippen LogP contribution in [0, 0.1) is 18.3 Å². The normalized spacial score (nSPS) is 9.87. The van der Waals surface area contributed by atoms with Crippen LogP contribution in [0.2, 0.25) is 0 Å². The molecule has 0 bridgehead atoms. The fourth-order valence-electron chi connectivity index (χ4n) is 1.25. The van der Waals surface area contributed by atoms with E-state index < -0.39 is 0 Å². The second kappa shape index (κ2) is 3.71. The number of hydrogen-bond acceptors (Lipinski definition) is 4. The van der Waals surface area contributed by atoms with Crippen molar-refractivity contribution in [3.63, 3.8) is 0 Å². The quantitative estimate of drug-likeness (QED) is 0.797. The van der Waals surface area contributed by atoms with Gasteiger partial charge in [-0.15, -0.1) is 11.3 Å². The van der Waals surface area contributed by atoms with E-state index in [1.54, 1.807) is 12.1 Å². The molecule has 0 fully saturated rings. The van der Waals surface area contributed by atoms with Gasteiger partial charge in [-0.3, -0.25) is 0 Å². The number of phenolic OH excluding ortho intramolecular Hbond substituents is 1. The van der Waals surface area contributed by atoms with Crippen LogP contribution in [0.25, 0.3) is 10.6 Å². The molecule has 0 amide bonds. The second-order valence-corrected chi connectivity index (χ2v) is 4.00. The van der Waals surface area contributed by atoms with Gasteiger partial charge in [-0.05, 0) is 25.1 Å². The molecule has 1 aromatic heterocycles. The summed E-state index contributed by atoms with van der Waals surface area (Å²) in [4.78, 5) is 4.31. The zero-order valence-corrected chi connectivity index (χ0v) is 8.88. The van der Waals surface area contributed by atoms with Crippen molar-refractivity contribution in [1.82, 2.24) is 4.98 Å². The molecular weight excluding hydrogens is 208 g/mol. The third-order valence-electron chi connectivity index (χ3n) is 1.98. The molecule has 0 aliphatic heterocycles. The average molecular weight is 216 g/mol. The van der Waals surface area contributed by atoms with Gasteiger partial charge in [-0.1, -0.05) is 0 Å². The molecule has 0 aliphatic carbocycles. The molecule has 0 aliphatic rings. The van der Waals surface area contributed by atoms with Crippen molar-refractivity contribution in [2.75, 3.05) is 0 Å². The molecule has 0 saturated carbocycles. The number of aromatic hydroxyl groups is 1. The maximum atomic E-state index is 9.35. The summed E-state index contributed by atoms with van der Waals surface area (Å²) in [5.41, 5.74) is 2.10. The Labute approximate surface area is 91.3 Å². The highest BCUT2D eigenvalue weighted by molar-refractivity contribution is 7.13. The lowest BCUT2D eigenvalue weighted by Crippen LogP contribution is -1.81. The van der Waals surface area contributed by atoms with Crippen molar-refractivity contribution >= 4 is 11.3 Å². The fraction of sp³-hybridized carbons (Fsp3) is 0.0909. The van der Waals surface area contributed by atoms with Gasteiger partial charge in [0.15, 0.2) is 0 Å². The molecule has 2 aromatic rings. The van der Waals surface area contributed by atoms with Crippen molar-refractivity contribution in [2.45, 2.75) is 6.92 Å². The highest BCUT2D eigenvalue weighted by Crippen LogP contribution is 2.27. The van der Waals surface area contributed by atoms with E-state index in [1.165, 1.54) is 17.4 Å². The molecule has 0 spiro atoms. The molecule has 1 aromatic carbocycles. The smallest absolute Gasteiger partial charge is 0.133 e. The third kappa shape index (κ3) is 1.83. The Morgan fingerprint density at radius 2 is 2.27 bits per heavy atom. The molecule has 1 N–H and O–H groups in total. The zero-order valence-electron chi connectivity index (χ0n) is 8.06. The molecule has 0 saturated heterocycles. The van der Waals surface area contributed by atoms with Gasteiger partial charge in [0.05, 0.1) is 5.56 Å². The minimum atomic E-state index is 0.00882. The van der Waals surface area contributed by atoms with Gasteiger partial charge in [0.1, 0.15) is 16.8 Å². The second-order valence-electron chi connectivity index (χ2n) is 3.14. The first-order valence-corrected chi connectivity index (χ1v) is 5.24. The summed E-state index contributed by atoms with van der Waals surface area (Å²) in [6, 6.07) is 6.86. The Kier molecular flexibility index (Phi) is 2.40. The van der Waals surface area contributed by atoms with Crippen molar-refractivity contribution in [1.29, 1.82) is 5.26 Å². The van der Waals surface area contributed by atoms with Crippen molar-refractivity contribution in [3.05, 3.63) is 34.8 Å². The molecular formula is C11H8N2OS. The van der Waals surface area contributed by atoms with Crippen LogP contribution >= 0.6 is 11.3 Å². The predicted octanol–water partition coefficient (Wildman–Crippen LogP) is 2.70. The molecule has 0 radical (unpaired) electrons. The van der Waals surface area contributed by atoms with E-state index in [1.807, 2.05) is 18.4 Å². The molecule has 0 unspecified atom stereocenters. The average Bonchev–Trinajstić information content (AvgIpc) is 2.66. The lowest BCUT2D eigenvalue weighted by atomic mass is 10.1. The standard InChI is InChI=1S/C11H8N2OS/c1-7-6-15-11(13-7)8-2-3-10(14)9(4-8)5-12/h2-4,6,14H,1H3. The minimum absolute atomic E-state index is 0.00882. The van der Waals surface area contributed by atoms with Gasteiger partial charge in [0.2, 0.25) is 0 Å². The van der Waals surface area contributed by atoms with Crippen LogP contribution in [0.4, 0.5) is 0 Å². The van der Waals surface area contributed by atoms with Gasteiger partial charge in [-0.2, -0.15) is 5.26 Å². The number of benzene rings is 1. The zero-order chi connectivity index (χ0) is 10.8. The number of aromatic nitrogens is 1. The highest BCUT2D eigenvalue weighted by Gasteiger charge is 2.06. The first-order chi connectivity index (χ1) is 7.20. The Morgan fingerprint density at radius 1 is 1.47 bits per heavy atom. The maximum Gasteiger partial charge on any atom is 0.133 e. The number of hydrogen-bond donors (Lipinski definition) is 1. The summed E-state index contributed by atoms with van der Waals surface area (Å²) in [5.74, 6) is 0.00882. The number of nitriles is 1. The van der Waals surface area contributed by atoms with E-state index in [0.717, 1.165) is 16.3 Å². The van der Waals surface area contributed by atoms with Gasteiger partial charge < -0.3 is 5.11 Å². The number of thiazole rings is 1. The van der Waals surface area contributed by atoms with Crippen LogP contribution in [0.1, 0.15) is 11.3 Å². The first kappa shape index (κ1) is 9.69. The Bertz CT molecular complexity index is 540. The summed E-state index contributed by atoms with van der Waals surface area (Å²) < 4.78 is 0. The molecule has 1 heterocycles. The summed E-state index contributed by atoms with van der Waals surface area (Å²) in [7, 11) is 0. The molecule has 3 nitrogen and oxygen atoms in total. The van der Waals surface area contributed by atoms with E-state index in [2.05, 4.69) is 4.98 Å². The molecule has 74 valence electrons. The Morgan fingerprint density at radius 3 is 2.87 bits per heavy atom. The van der Waals surface area contributed by atoms with Gasteiger partial charge >= 0.3 is 0 Å². The Hall–Kier alpha value is -1.86. The van der Waals surface area contributed by atoms with E-state index in [9.17, 15) is 5.11 Å². The van der Waals surface area contributed by atoms with Crippen LogP contribution in [-0.2, 0) is 0 Å². The molecule has 2 rings (SSSR count). The van der Waals surface area contributed by atoms with Gasteiger partial charge in [-0.25, -0.2) is 4.98 Å². The van der Waals surface area contributed by atoms with Crippen molar-refractivity contribution < 1.29 is 5.11 Å². The summed E-state index contributed by atoms with van der Waals surface area (Å²) in [6.07, 6.45) is 0. The number of aryl methyl sites for hydroxylation is 1. The highest BCUT2D eigenvalue weighted by atomic mass is 32.1. The van der Waals surface area contributed by atoms with Crippen molar-refractivity contribution in [3.8, 4) is 22.4 Å². The lowest BCUT2D eigenvalue weighted by Gasteiger charge is -1.98. The number of rotatable bonds is 1. The van der Waals surface area contributed by atoms with Crippen LogP contribution in [-0.4, -0.2) is 10.1 Å². The van der Waals surface area contributed by atoms with Gasteiger partial charge in [0.25, 0.3) is 0 Å². The van der Waals surface area contributed by atoms with Crippen LogP contribution in [0.15, 0.2) is 23.6 Å². The van der Waals surface area contributed by atoms with Crippen LogP contribution in [0.5, 0.6) is 5.75 Å². The lowest BCUT2D eigenvalue weighted by molar-refractivity contribution is 0.473. The predicted molar refractivity (Wildman–Crippen MR) is 58.7 cm³/mol. The van der Waals surface area contributed by atoms with E-state index in [4.69, 9.17) is 5.26 Å². The van der Waals surface area contributed by atoms with Crippen molar-refractivity contribution in [2.24, 2.45) is 0 Å². The maximum absolute atomic E-state index is 9.35. The summed E-state index contributed by atoms with van der Waals surface area (Å²) >= 11 is 1.53. The van der Waals surface area contributed by atoms with Gasteiger partial charge in [0, 0.05) is 16.6 Å². The Balaban J connectivity index is 2.51. The summed E-state index contributed by atoms with van der Waals surface area (Å²) in [6.45, 7) is 1.92. The molecule has 0 atom stereocenters. The largest absolute Gasteiger partial charge is 0.507 e. The van der Waals surface area contributed by atoms with E-state index in [0.29, 0.717) is 0 Å². The number of nitrogens with zero attached hydrogens (tertiary/aromatic N) is 2. The monoisotopic (exact) mass is 216 g/mol. The van der Waals surface area contributed by atoms with Crippen LogP contribution < -0.4 is 0 Å². The van der Waals surface area contributed by atoms with Crippen LogP contribution in [0.3, 0.4) is 0 Å². The first-order valence-electron chi connectivity index (χ1n) is 4.36. The third-order valence-corrected chi connectivity index (χ3v) is 2.99. The van der Waals surface area contributed by atoms with E-state index in [-0.39, 0.29) is 11.3 Å². The SMILES string of the molecule is Cc1csc(-c2ccc(O)c(C#N)c2)n1. The topological polar surface area (TPSA) is 56.9 Å². The molecule has 4 heteroatoms.